The molecule has 1 aromatic carbocycles. The van der Waals surface area contributed by atoms with Gasteiger partial charge in [0, 0.05) is 36.6 Å². The maximum absolute atomic E-state index is 12.1. The van der Waals surface area contributed by atoms with Crippen LogP contribution in [0.25, 0.3) is 0 Å². The largest absolute Gasteiger partial charge is 0.354 e. The molecule has 26 heavy (non-hydrogen) atoms. The molecule has 0 aromatic heterocycles. The molecule has 7 heteroatoms. The van der Waals surface area contributed by atoms with Gasteiger partial charge in [0.05, 0.1) is 0 Å². The topological polar surface area (TPSA) is 78.5 Å². The van der Waals surface area contributed by atoms with Gasteiger partial charge in [-0.3, -0.25) is 14.4 Å². The molecule has 2 N–H and O–H groups in total. The van der Waals surface area contributed by atoms with Gasteiger partial charge in [-0.1, -0.05) is 18.0 Å². The summed E-state index contributed by atoms with van der Waals surface area (Å²) in [6.07, 6.45) is 4.45. The normalized spacial score (nSPS) is 15.9. The highest BCUT2D eigenvalue weighted by Crippen LogP contribution is 2.11. The lowest BCUT2D eigenvalue weighted by molar-refractivity contribution is -0.130. The molecule has 1 unspecified atom stereocenters. The van der Waals surface area contributed by atoms with E-state index in [9.17, 15) is 14.4 Å². The van der Waals surface area contributed by atoms with Gasteiger partial charge in [0.1, 0.15) is 6.04 Å². The first-order valence-corrected chi connectivity index (χ1v) is 9.47. The van der Waals surface area contributed by atoms with E-state index >= 15 is 0 Å². The Morgan fingerprint density at radius 1 is 1.19 bits per heavy atom. The lowest BCUT2D eigenvalue weighted by Gasteiger charge is -2.20. The minimum absolute atomic E-state index is 0.206. The van der Waals surface area contributed by atoms with Crippen LogP contribution in [-0.4, -0.2) is 48.3 Å². The molecule has 6 nitrogen and oxygen atoms in total. The molecule has 1 aliphatic heterocycles. The molecule has 142 valence electrons. The van der Waals surface area contributed by atoms with Crippen molar-refractivity contribution in [1.82, 2.24) is 15.5 Å². The fraction of sp³-hybridized carbons (Fsp3) is 0.526. The van der Waals surface area contributed by atoms with Crippen LogP contribution in [0, 0.1) is 0 Å². The average molecular weight is 380 g/mol. The number of likely N-dealkylation sites (tertiary alicyclic amines) is 1. The number of nitrogens with one attached hydrogen (secondary N) is 2. The highest BCUT2D eigenvalue weighted by Gasteiger charge is 2.18. The van der Waals surface area contributed by atoms with E-state index in [0.717, 1.165) is 25.8 Å². The molecule has 1 atom stereocenters. The van der Waals surface area contributed by atoms with Gasteiger partial charge in [0.2, 0.25) is 11.8 Å². The summed E-state index contributed by atoms with van der Waals surface area (Å²) < 4.78 is 0. The average Bonchev–Trinajstić information content (AvgIpc) is 2.83. The summed E-state index contributed by atoms with van der Waals surface area (Å²) >= 11 is 5.80. The zero-order valence-electron chi connectivity index (χ0n) is 15.1. The van der Waals surface area contributed by atoms with Gasteiger partial charge in [-0.25, -0.2) is 0 Å². The Bertz CT molecular complexity index is 633. The molecular formula is C19H26ClN3O3. The standard InChI is InChI=1S/C19H26ClN3O3/c1-14(22-19(26)15-7-9-16(20)10-8-15)18(25)21-11-5-13-23-12-4-2-3-6-17(23)24/h7-10,14H,2-6,11-13H2,1H3,(H,21,25)(H,22,26). The fourth-order valence-corrected chi connectivity index (χ4v) is 2.98. The number of rotatable bonds is 7. The highest BCUT2D eigenvalue weighted by atomic mass is 35.5. The van der Waals surface area contributed by atoms with E-state index in [1.807, 2.05) is 4.90 Å². The second kappa shape index (κ2) is 10.2. The predicted molar refractivity (Wildman–Crippen MR) is 101 cm³/mol. The van der Waals surface area contributed by atoms with Crippen molar-refractivity contribution in [3.05, 3.63) is 34.9 Å². The van der Waals surface area contributed by atoms with Crippen molar-refractivity contribution in [2.75, 3.05) is 19.6 Å². The lowest BCUT2D eigenvalue weighted by Crippen LogP contribution is -2.45. The van der Waals surface area contributed by atoms with E-state index in [2.05, 4.69) is 10.6 Å². The number of hydrogen-bond acceptors (Lipinski definition) is 3. The summed E-state index contributed by atoms with van der Waals surface area (Å²) in [5, 5.41) is 6.02. The van der Waals surface area contributed by atoms with Gasteiger partial charge >= 0.3 is 0 Å². The number of hydrogen-bond donors (Lipinski definition) is 2. The van der Waals surface area contributed by atoms with Crippen LogP contribution in [0.1, 0.15) is 49.4 Å². The van der Waals surface area contributed by atoms with Gasteiger partial charge in [-0.15, -0.1) is 0 Å². The molecule has 1 aromatic rings. The van der Waals surface area contributed by atoms with Gasteiger partial charge in [-0.2, -0.15) is 0 Å². The summed E-state index contributed by atoms with van der Waals surface area (Å²) in [6.45, 7) is 3.58. The van der Waals surface area contributed by atoms with Gasteiger partial charge in [-0.05, 0) is 50.5 Å². The van der Waals surface area contributed by atoms with Crippen LogP contribution in [0.5, 0.6) is 0 Å². The van der Waals surface area contributed by atoms with E-state index in [1.54, 1.807) is 31.2 Å². The van der Waals surface area contributed by atoms with Crippen molar-refractivity contribution >= 4 is 29.3 Å². The van der Waals surface area contributed by atoms with Gasteiger partial charge in [0.25, 0.3) is 5.91 Å². The Hall–Kier alpha value is -2.08. The molecule has 1 aliphatic rings. The molecular weight excluding hydrogens is 354 g/mol. The molecule has 1 saturated heterocycles. The van der Waals surface area contributed by atoms with Crippen molar-refractivity contribution in [3.8, 4) is 0 Å². The maximum atomic E-state index is 12.1. The number of amides is 3. The van der Waals surface area contributed by atoms with E-state index in [1.165, 1.54) is 0 Å². The van der Waals surface area contributed by atoms with Crippen LogP contribution >= 0.6 is 11.6 Å². The Kier molecular flexibility index (Phi) is 7.91. The second-order valence-corrected chi connectivity index (χ2v) is 6.97. The van der Waals surface area contributed by atoms with Crippen molar-refractivity contribution in [2.24, 2.45) is 0 Å². The summed E-state index contributed by atoms with van der Waals surface area (Å²) in [4.78, 5) is 38.0. The second-order valence-electron chi connectivity index (χ2n) is 6.54. The zero-order chi connectivity index (χ0) is 18.9. The van der Waals surface area contributed by atoms with E-state index < -0.39 is 6.04 Å². The number of carbonyl (C=O) groups is 3. The predicted octanol–water partition coefficient (Wildman–Crippen LogP) is 2.37. The van der Waals surface area contributed by atoms with Crippen molar-refractivity contribution in [2.45, 2.75) is 45.1 Å². The van der Waals surface area contributed by atoms with Gasteiger partial charge < -0.3 is 15.5 Å². The van der Waals surface area contributed by atoms with E-state index in [0.29, 0.717) is 36.5 Å². The third-order valence-electron chi connectivity index (χ3n) is 4.42. The summed E-state index contributed by atoms with van der Waals surface area (Å²) in [5.74, 6) is -0.355. The van der Waals surface area contributed by atoms with Crippen molar-refractivity contribution in [1.29, 1.82) is 0 Å². The zero-order valence-corrected chi connectivity index (χ0v) is 15.8. The van der Waals surface area contributed by atoms with Crippen LogP contribution < -0.4 is 10.6 Å². The quantitative estimate of drug-likeness (QED) is 0.714. The van der Waals surface area contributed by atoms with Crippen LogP contribution in [0.4, 0.5) is 0 Å². The van der Waals surface area contributed by atoms with Crippen LogP contribution in [-0.2, 0) is 9.59 Å². The molecule has 0 spiro atoms. The summed E-state index contributed by atoms with van der Waals surface area (Å²) in [6, 6.07) is 5.84. The molecule has 0 saturated carbocycles. The third-order valence-corrected chi connectivity index (χ3v) is 4.67. The third kappa shape index (κ3) is 6.33. The molecule has 0 radical (unpaired) electrons. The fourth-order valence-electron chi connectivity index (χ4n) is 2.86. The maximum Gasteiger partial charge on any atom is 0.251 e. The number of nitrogens with zero attached hydrogens (tertiary/aromatic N) is 1. The molecule has 0 bridgehead atoms. The number of carbonyl (C=O) groups excluding carboxylic acids is 3. The van der Waals surface area contributed by atoms with Crippen molar-refractivity contribution < 1.29 is 14.4 Å². The minimum Gasteiger partial charge on any atom is -0.354 e. The van der Waals surface area contributed by atoms with Crippen LogP contribution in [0.2, 0.25) is 5.02 Å². The van der Waals surface area contributed by atoms with Gasteiger partial charge in [0.15, 0.2) is 0 Å². The Morgan fingerprint density at radius 2 is 1.92 bits per heavy atom. The first-order chi connectivity index (χ1) is 12.5. The highest BCUT2D eigenvalue weighted by molar-refractivity contribution is 6.30. The first-order valence-electron chi connectivity index (χ1n) is 9.09. The Morgan fingerprint density at radius 3 is 2.65 bits per heavy atom. The molecule has 1 heterocycles. The van der Waals surface area contributed by atoms with Crippen LogP contribution in [0.15, 0.2) is 24.3 Å². The Balaban J connectivity index is 1.69. The molecule has 2 rings (SSSR count). The molecule has 1 fully saturated rings. The molecule has 3 amide bonds. The number of halogens is 1. The van der Waals surface area contributed by atoms with E-state index in [4.69, 9.17) is 11.6 Å². The lowest BCUT2D eigenvalue weighted by atomic mass is 10.2. The Labute approximate surface area is 159 Å². The minimum atomic E-state index is -0.641. The SMILES string of the molecule is CC(NC(=O)c1ccc(Cl)cc1)C(=O)NCCCN1CCCCCC1=O. The summed E-state index contributed by atoms with van der Waals surface area (Å²) in [7, 11) is 0. The molecule has 0 aliphatic carbocycles. The first kappa shape index (κ1) is 20.2. The monoisotopic (exact) mass is 379 g/mol. The van der Waals surface area contributed by atoms with Crippen LogP contribution in [0.3, 0.4) is 0 Å². The smallest absolute Gasteiger partial charge is 0.251 e. The van der Waals surface area contributed by atoms with Crippen molar-refractivity contribution in [3.63, 3.8) is 0 Å². The van der Waals surface area contributed by atoms with E-state index in [-0.39, 0.29) is 17.7 Å². The number of benzene rings is 1. The summed E-state index contributed by atoms with van der Waals surface area (Å²) in [5.41, 5.74) is 0.453.